The highest BCUT2D eigenvalue weighted by atomic mass is 16.6. The number of pyridine rings is 2. The van der Waals surface area contributed by atoms with Gasteiger partial charge in [-0.2, -0.15) is 0 Å². The van der Waals surface area contributed by atoms with Crippen molar-refractivity contribution < 1.29 is 9.53 Å². The molecule has 2 aromatic rings. The predicted molar refractivity (Wildman–Crippen MR) is 94.8 cm³/mol. The standard InChI is InChI=1S/C19H20N4O2/c1-11-7-13(8-12(2)22-11)3-6-17-16(20)9-14-4-5-15(25-19(21)24)10-18(14)23-17/h7-9,15H,4-5,10,20H2,1-2H3,(H2,21,24). The Kier molecular flexibility index (Phi) is 4.57. The van der Waals surface area contributed by atoms with Crippen LogP contribution in [0.2, 0.25) is 0 Å². The van der Waals surface area contributed by atoms with E-state index in [1.807, 2.05) is 32.0 Å². The summed E-state index contributed by atoms with van der Waals surface area (Å²) in [5.74, 6) is 6.14. The number of aryl methyl sites for hydroxylation is 3. The Balaban J connectivity index is 1.89. The van der Waals surface area contributed by atoms with E-state index in [0.717, 1.165) is 41.1 Å². The van der Waals surface area contributed by atoms with Crippen LogP contribution in [0.1, 0.15) is 40.3 Å². The first kappa shape index (κ1) is 16.8. The zero-order chi connectivity index (χ0) is 18.0. The first-order chi connectivity index (χ1) is 11.9. The van der Waals surface area contributed by atoms with Gasteiger partial charge in [-0.15, -0.1) is 0 Å². The lowest BCUT2D eigenvalue weighted by molar-refractivity contribution is 0.0972. The van der Waals surface area contributed by atoms with Crippen LogP contribution in [-0.4, -0.2) is 22.2 Å². The minimum atomic E-state index is -0.757. The molecule has 0 saturated heterocycles. The number of amides is 1. The molecular formula is C19H20N4O2. The lowest BCUT2D eigenvalue weighted by Crippen LogP contribution is -2.29. The summed E-state index contributed by atoms with van der Waals surface area (Å²) in [7, 11) is 0. The van der Waals surface area contributed by atoms with Gasteiger partial charge in [-0.3, -0.25) is 4.98 Å². The summed E-state index contributed by atoms with van der Waals surface area (Å²) in [6, 6.07) is 5.76. The molecule has 0 aromatic carbocycles. The first-order valence-corrected chi connectivity index (χ1v) is 8.12. The van der Waals surface area contributed by atoms with Crippen molar-refractivity contribution in [1.82, 2.24) is 9.97 Å². The van der Waals surface area contributed by atoms with E-state index < -0.39 is 6.09 Å². The van der Waals surface area contributed by atoms with E-state index in [0.29, 0.717) is 17.8 Å². The summed E-state index contributed by atoms with van der Waals surface area (Å²) >= 11 is 0. The van der Waals surface area contributed by atoms with Gasteiger partial charge in [-0.05, 0) is 56.4 Å². The van der Waals surface area contributed by atoms with E-state index in [4.69, 9.17) is 16.2 Å². The van der Waals surface area contributed by atoms with Crippen molar-refractivity contribution in [2.75, 3.05) is 5.73 Å². The van der Waals surface area contributed by atoms with Gasteiger partial charge in [-0.1, -0.05) is 5.92 Å². The minimum Gasteiger partial charge on any atom is -0.446 e. The largest absolute Gasteiger partial charge is 0.446 e. The molecule has 0 spiro atoms. The third-order valence-electron chi connectivity index (χ3n) is 4.07. The van der Waals surface area contributed by atoms with E-state index in [-0.39, 0.29) is 6.10 Å². The lowest BCUT2D eigenvalue weighted by Gasteiger charge is -2.23. The molecule has 1 atom stereocenters. The molecule has 128 valence electrons. The van der Waals surface area contributed by atoms with Crippen molar-refractivity contribution in [3.8, 4) is 11.8 Å². The van der Waals surface area contributed by atoms with Crippen molar-refractivity contribution in [3.05, 3.63) is 52.1 Å². The Bertz CT molecular complexity index is 876. The molecule has 0 radical (unpaired) electrons. The maximum Gasteiger partial charge on any atom is 0.404 e. The number of nitrogen functional groups attached to an aromatic ring is 1. The van der Waals surface area contributed by atoms with Crippen LogP contribution >= 0.6 is 0 Å². The normalized spacial score (nSPS) is 15.7. The minimum absolute atomic E-state index is 0.243. The molecule has 0 saturated carbocycles. The highest BCUT2D eigenvalue weighted by molar-refractivity contribution is 5.65. The molecule has 1 aliphatic rings. The van der Waals surface area contributed by atoms with Crippen LogP contribution < -0.4 is 11.5 Å². The molecule has 6 nitrogen and oxygen atoms in total. The molecule has 25 heavy (non-hydrogen) atoms. The molecule has 0 aliphatic heterocycles. The molecular weight excluding hydrogens is 316 g/mol. The highest BCUT2D eigenvalue weighted by Crippen LogP contribution is 2.25. The second kappa shape index (κ2) is 6.81. The third kappa shape index (κ3) is 4.07. The summed E-state index contributed by atoms with van der Waals surface area (Å²) in [6.07, 6.45) is 0.999. The van der Waals surface area contributed by atoms with Crippen molar-refractivity contribution >= 4 is 11.8 Å². The molecule has 1 unspecified atom stereocenters. The number of aromatic nitrogens is 2. The van der Waals surface area contributed by atoms with Crippen LogP contribution in [0.15, 0.2) is 18.2 Å². The summed E-state index contributed by atoms with van der Waals surface area (Å²) in [5, 5.41) is 0. The van der Waals surface area contributed by atoms with Gasteiger partial charge in [0.15, 0.2) is 0 Å². The summed E-state index contributed by atoms with van der Waals surface area (Å²) in [5.41, 5.74) is 16.9. The second-order valence-corrected chi connectivity index (χ2v) is 6.22. The molecule has 3 rings (SSSR count). The fourth-order valence-electron chi connectivity index (χ4n) is 3.04. The number of fused-ring (bicyclic) bond motifs is 1. The molecule has 6 heteroatoms. The third-order valence-corrected chi connectivity index (χ3v) is 4.07. The summed E-state index contributed by atoms with van der Waals surface area (Å²) < 4.78 is 5.10. The maximum absolute atomic E-state index is 10.9. The molecule has 4 N–H and O–H groups in total. The van der Waals surface area contributed by atoms with Crippen LogP contribution in [0.3, 0.4) is 0 Å². The smallest absolute Gasteiger partial charge is 0.404 e. The SMILES string of the molecule is Cc1cc(C#Cc2nc3c(cc2N)CCC(OC(N)=O)C3)cc(C)n1. The molecule has 2 heterocycles. The maximum atomic E-state index is 10.9. The zero-order valence-electron chi connectivity index (χ0n) is 14.3. The Hall–Kier alpha value is -3.07. The summed E-state index contributed by atoms with van der Waals surface area (Å²) in [4.78, 5) is 19.9. The number of primary amides is 1. The highest BCUT2D eigenvalue weighted by Gasteiger charge is 2.23. The predicted octanol–water partition coefficient (Wildman–Crippen LogP) is 2.03. The Morgan fingerprint density at radius 2 is 1.92 bits per heavy atom. The van der Waals surface area contributed by atoms with Gasteiger partial charge in [0.2, 0.25) is 0 Å². The monoisotopic (exact) mass is 336 g/mol. The Morgan fingerprint density at radius 1 is 1.20 bits per heavy atom. The van der Waals surface area contributed by atoms with Gasteiger partial charge in [0.05, 0.1) is 5.69 Å². The van der Waals surface area contributed by atoms with Crippen molar-refractivity contribution in [2.24, 2.45) is 5.73 Å². The van der Waals surface area contributed by atoms with E-state index >= 15 is 0 Å². The van der Waals surface area contributed by atoms with Gasteiger partial charge in [0.25, 0.3) is 0 Å². The fraction of sp³-hybridized carbons (Fsp3) is 0.316. The van der Waals surface area contributed by atoms with E-state index in [9.17, 15) is 4.79 Å². The molecule has 0 fully saturated rings. The Morgan fingerprint density at radius 3 is 2.60 bits per heavy atom. The quantitative estimate of drug-likeness (QED) is 0.775. The zero-order valence-corrected chi connectivity index (χ0v) is 14.3. The van der Waals surface area contributed by atoms with Crippen molar-refractivity contribution in [1.29, 1.82) is 0 Å². The van der Waals surface area contributed by atoms with Gasteiger partial charge in [-0.25, -0.2) is 9.78 Å². The number of ether oxygens (including phenoxy) is 1. The number of hydrogen-bond acceptors (Lipinski definition) is 5. The Labute approximate surface area is 146 Å². The number of hydrogen-bond donors (Lipinski definition) is 2. The number of rotatable bonds is 1. The number of nitrogens with two attached hydrogens (primary N) is 2. The first-order valence-electron chi connectivity index (χ1n) is 8.12. The van der Waals surface area contributed by atoms with E-state index in [2.05, 4.69) is 21.8 Å². The van der Waals surface area contributed by atoms with Crippen LogP contribution in [0, 0.1) is 25.7 Å². The van der Waals surface area contributed by atoms with Crippen LogP contribution in [-0.2, 0) is 17.6 Å². The van der Waals surface area contributed by atoms with Crippen LogP contribution in [0.5, 0.6) is 0 Å². The molecule has 1 amide bonds. The van der Waals surface area contributed by atoms with Crippen LogP contribution in [0.25, 0.3) is 0 Å². The van der Waals surface area contributed by atoms with Crippen molar-refractivity contribution in [3.63, 3.8) is 0 Å². The van der Waals surface area contributed by atoms with Gasteiger partial charge in [0.1, 0.15) is 11.8 Å². The number of carbonyl (C=O) groups is 1. The summed E-state index contributed by atoms with van der Waals surface area (Å²) in [6.45, 7) is 3.87. The number of nitrogens with zero attached hydrogens (tertiary/aromatic N) is 2. The van der Waals surface area contributed by atoms with E-state index in [1.54, 1.807) is 0 Å². The average molecular weight is 336 g/mol. The van der Waals surface area contributed by atoms with Gasteiger partial charge >= 0.3 is 6.09 Å². The fourth-order valence-corrected chi connectivity index (χ4v) is 3.04. The average Bonchev–Trinajstić information content (AvgIpc) is 2.52. The topological polar surface area (TPSA) is 104 Å². The molecule has 2 aromatic heterocycles. The molecule has 0 bridgehead atoms. The second-order valence-electron chi connectivity index (χ2n) is 6.22. The van der Waals surface area contributed by atoms with Crippen LogP contribution in [0.4, 0.5) is 10.5 Å². The molecule has 1 aliphatic carbocycles. The van der Waals surface area contributed by atoms with Gasteiger partial charge < -0.3 is 16.2 Å². The lowest BCUT2D eigenvalue weighted by atomic mass is 9.93. The van der Waals surface area contributed by atoms with Crippen molar-refractivity contribution in [2.45, 2.75) is 39.2 Å². The number of carbonyl (C=O) groups excluding carboxylic acids is 1. The van der Waals surface area contributed by atoms with E-state index in [1.165, 1.54) is 0 Å². The number of anilines is 1. The van der Waals surface area contributed by atoms with Gasteiger partial charge in [0, 0.05) is 29.1 Å².